The lowest BCUT2D eigenvalue weighted by molar-refractivity contribution is 0.0655. The molecule has 1 aliphatic heterocycles. The van der Waals surface area contributed by atoms with Crippen molar-refractivity contribution in [2.24, 2.45) is 0 Å². The first-order valence-electron chi connectivity index (χ1n) is 6.32. The summed E-state index contributed by atoms with van der Waals surface area (Å²) >= 11 is 0. The maximum absolute atomic E-state index is 12.4. The van der Waals surface area contributed by atoms with Gasteiger partial charge in [0.1, 0.15) is 0 Å². The summed E-state index contributed by atoms with van der Waals surface area (Å²) < 4.78 is 5.09. The highest BCUT2D eigenvalue weighted by Crippen LogP contribution is 2.12. The van der Waals surface area contributed by atoms with E-state index in [-0.39, 0.29) is 11.9 Å². The molecule has 1 unspecified atom stereocenters. The number of nitrogens with zero attached hydrogens (tertiary/aromatic N) is 1. The van der Waals surface area contributed by atoms with Crippen LogP contribution < -0.4 is 5.32 Å². The molecule has 0 aliphatic carbocycles. The summed E-state index contributed by atoms with van der Waals surface area (Å²) in [5.41, 5.74) is 1.78. The maximum atomic E-state index is 12.4. The highest BCUT2D eigenvalue weighted by Gasteiger charge is 2.23. The van der Waals surface area contributed by atoms with E-state index in [2.05, 4.69) is 12.2 Å². The summed E-state index contributed by atoms with van der Waals surface area (Å²) in [5.74, 6) is 0.113. The number of hydrogen-bond acceptors (Lipinski definition) is 3. The van der Waals surface area contributed by atoms with Crippen molar-refractivity contribution in [3.8, 4) is 0 Å². The van der Waals surface area contributed by atoms with E-state index >= 15 is 0 Å². The van der Waals surface area contributed by atoms with Gasteiger partial charge in [0.05, 0.1) is 6.61 Å². The summed E-state index contributed by atoms with van der Waals surface area (Å²) in [6.45, 7) is 5.12. The van der Waals surface area contributed by atoms with Gasteiger partial charge in [-0.1, -0.05) is 12.1 Å². The summed E-state index contributed by atoms with van der Waals surface area (Å²) in [7, 11) is 1.66. The van der Waals surface area contributed by atoms with E-state index < -0.39 is 0 Å². The van der Waals surface area contributed by atoms with Gasteiger partial charge in [-0.3, -0.25) is 4.79 Å². The van der Waals surface area contributed by atoms with Crippen LogP contribution in [0, 0.1) is 0 Å². The number of methoxy groups -OCH3 is 1. The lowest BCUT2D eigenvalue weighted by Gasteiger charge is -2.34. The van der Waals surface area contributed by atoms with E-state index in [1.807, 2.05) is 29.2 Å². The predicted molar refractivity (Wildman–Crippen MR) is 70.5 cm³/mol. The Morgan fingerprint density at radius 3 is 3.11 bits per heavy atom. The fourth-order valence-corrected chi connectivity index (χ4v) is 2.27. The average Bonchev–Trinajstić information content (AvgIpc) is 2.39. The van der Waals surface area contributed by atoms with Crippen molar-refractivity contribution in [1.29, 1.82) is 0 Å². The molecule has 1 amide bonds. The number of nitrogens with one attached hydrogen (secondary N) is 1. The molecular formula is C14H20N2O2. The second-order valence-corrected chi connectivity index (χ2v) is 4.69. The zero-order chi connectivity index (χ0) is 13.0. The number of amides is 1. The standard InChI is InChI=1S/C14H20N2O2/c1-11-9-15-6-7-16(11)14(17)13-5-3-4-12(8-13)10-18-2/h3-5,8,11,15H,6-7,9-10H2,1-2H3. The summed E-state index contributed by atoms with van der Waals surface area (Å²) in [5, 5.41) is 3.29. The highest BCUT2D eigenvalue weighted by molar-refractivity contribution is 5.94. The number of rotatable bonds is 3. The van der Waals surface area contributed by atoms with Gasteiger partial charge in [-0.25, -0.2) is 0 Å². The first-order valence-corrected chi connectivity index (χ1v) is 6.32. The van der Waals surface area contributed by atoms with Gasteiger partial charge in [0.2, 0.25) is 0 Å². The van der Waals surface area contributed by atoms with Crippen molar-refractivity contribution in [2.45, 2.75) is 19.6 Å². The monoisotopic (exact) mass is 248 g/mol. The lowest BCUT2D eigenvalue weighted by Crippen LogP contribution is -2.52. The van der Waals surface area contributed by atoms with E-state index in [0.29, 0.717) is 6.61 Å². The third-order valence-corrected chi connectivity index (χ3v) is 3.25. The third-order valence-electron chi connectivity index (χ3n) is 3.25. The fraction of sp³-hybridized carbons (Fsp3) is 0.500. The van der Waals surface area contributed by atoms with E-state index in [9.17, 15) is 4.79 Å². The van der Waals surface area contributed by atoms with Crippen LogP contribution in [0.3, 0.4) is 0 Å². The molecule has 1 N–H and O–H groups in total. The first-order chi connectivity index (χ1) is 8.72. The minimum Gasteiger partial charge on any atom is -0.380 e. The van der Waals surface area contributed by atoms with Crippen LogP contribution in [0.4, 0.5) is 0 Å². The van der Waals surface area contributed by atoms with E-state index in [1.54, 1.807) is 7.11 Å². The van der Waals surface area contributed by atoms with Crippen molar-refractivity contribution < 1.29 is 9.53 Å². The van der Waals surface area contributed by atoms with Gasteiger partial charge in [-0.05, 0) is 24.6 Å². The van der Waals surface area contributed by atoms with Gasteiger partial charge in [0.15, 0.2) is 0 Å². The Morgan fingerprint density at radius 1 is 1.56 bits per heavy atom. The zero-order valence-corrected chi connectivity index (χ0v) is 11.0. The number of carbonyl (C=O) groups excluding carboxylic acids is 1. The van der Waals surface area contributed by atoms with E-state index in [1.165, 1.54) is 0 Å². The Hall–Kier alpha value is -1.39. The van der Waals surface area contributed by atoms with Crippen molar-refractivity contribution >= 4 is 5.91 Å². The Morgan fingerprint density at radius 2 is 2.39 bits per heavy atom. The molecule has 0 bridgehead atoms. The average molecular weight is 248 g/mol. The predicted octanol–water partition coefficient (Wildman–Crippen LogP) is 1.27. The molecule has 98 valence electrons. The molecular weight excluding hydrogens is 228 g/mol. The van der Waals surface area contributed by atoms with Gasteiger partial charge in [0.25, 0.3) is 5.91 Å². The van der Waals surface area contributed by atoms with Crippen molar-refractivity contribution in [1.82, 2.24) is 10.2 Å². The van der Waals surface area contributed by atoms with Crippen LogP contribution >= 0.6 is 0 Å². The minimum absolute atomic E-state index is 0.113. The van der Waals surface area contributed by atoms with Crippen molar-refractivity contribution in [3.63, 3.8) is 0 Å². The number of piperazine rings is 1. The third kappa shape index (κ3) is 2.89. The molecule has 1 aromatic rings. The van der Waals surface area contributed by atoms with Crippen LogP contribution in [0.5, 0.6) is 0 Å². The van der Waals surface area contributed by atoms with Crippen LogP contribution in [0.1, 0.15) is 22.8 Å². The molecule has 1 aromatic carbocycles. The van der Waals surface area contributed by atoms with Crippen LogP contribution in [0.2, 0.25) is 0 Å². The highest BCUT2D eigenvalue weighted by atomic mass is 16.5. The molecule has 0 radical (unpaired) electrons. The number of ether oxygens (including phenoxy) is 1. The molecule has 1 heterocycles. The molecule has 1 fully saturated rings. The Bertz CT molecular complexity index is 420. The van der Waals surface area contributed by atoms with Gasteiger partial charge in [0, 0.05) is 38.3 Å². The molecule has 4 heteroatoms. The number of hydrogen-bond donors (Lipinski definition) is 1. The van der Waals surface area contributed by atoms with Crippen molar-refractivity contribution in [3.05, 3.63) is 35.4 Å². The summed E-state index contributed by atoms with van der Waals surface area (Å²) in [4.78, 5) is 14.4. The lowest BCUT2D eigenvalue weighted by atomic mass is 10.1. The van der Waals surface area contributed by atoms with Gasteiger partial charge in [-0.15, -0.1) is 0 Å². The molecule has 2 rings (SSSR count). The van der Waals surface area contributed by atoms with E-state index in [0.717, 1.165) is 30.8 Å². The SMILES string of the molecule is COCc1cccc(C(=O)N2CCNCC2C)c1. The van der Waals surface area contributed by atoms with Gasteiger partial charge >= 0.3 is 0 Å². The molecule has 4 nitrogen and oxygen atoms in total. The molecule has 0 aromatic heterocycles. The van der Waals surface area contributed by atoms with Crippen LogP contribution in [0.25, 0.3) is 0 Å². The first kappa shape index (κ1) is 13.1. The van der Waals surface area contributed by atoms with Crippen LogP contribution in [-0.2, 0) is 11.3 Å². The fourth-order valence-electron chi connectivity index (χ4n) is 2.27. The Balaban J connectivity index is 2.14. The smallest absolute Gasteiger partial charge is 0.254 e. The second-order valence-electron chi connectivity index (χ2n) is 4.69. The molecule has 0 saturated carbocycles. The molecule has 0 spiro atoms. The molecule has 1 saturated heterocycles. The quantitative estimate of drug-likeness (QED) is 0.876. The number of benzene rings is 1. The normalized spacial score (nSPS) is 19.9. The van der Waals surface area contributed by atoms with Gasteiger partial charge in [-0.2, -0.15) is 0 Å². The largest absolute Gasteiger partial charge is 0.380 e. The summed E-state index contributed by atoms with van der Waals surface area (Å²) in [6, 6.07) is 7.92. The second kappa shape index (κ2) is 5.98. The maximum Gasteiger partial charge on any atom is 0.254 e. The van der Waals surface area contributed by atoms with Crippen LogP contribution in [-0.4, -0.2) is 43.6 Å². The molecule has 1 atom stereocenters. The zero-order valence-electron chi connectivity index (χ0n) is 11.0. The van der Waals surface area contributed by atoms with E-state index in [4.69, 9.17) is 4.74 Å². The Labute approximate surface area is 108 Å². The topological polar surface area (TPSA) is 41.6 Å². The number of carbonyl (C=O) groups is 1. The summed E-state index contributed by atoms with van der Waals surface area (Å²) in [6.07, 6.45) is 0. The van der Waals surface area contributed by atoms with Gasteiger partial charge < -0.3 is 15.0 Å². The molecule has 18 heavy (non-hydrogen) atoms. The molecule has 1 aliphatic rings. The Kier molecular flexibility index (Phi) is 4.33. The van der Waals surface area contributed by atoms with Crippen molar-refractivity contribution in [2.75, 3.05) is 26.7 Å². The minimum atomic E-state index is 0.113. The van der Waals surface area contributed by atoms with Crippen LogP contribution in [0.15, 0.2) is 24.3 Å².